The van der Waals surface area contributed by atoms with Crippen molar-refractivity contribution in [2.24, 2.45) is 0 Å². The molecular formula is C9H12F3NO2. The lowest BCUT2D eigenvalue weighted by atomic mass is 10.2. The topological polar surface area (TPSA) is 49.3 Å². The molecule has 0 fully saturated rings. The molecule has 0 spiro atoms. The number of carboxylic acids is 1. The van der Waals surface area contributed by atoms with Gasteiger partial charge >= 0.3 is 12.1 Å². The molecule has 3 nitrogen and oxygen atoms in total. The molecule has 0 aliphatic rings. The Morgan fingerprint density at radius 1 is 1.47 bits per heavy atom. The molecule has 0 rings (SSSR count). The Morgan fingerprint density at radius 3 is 2.27 bits per heavy atom. The second kappa shape index (κ2) is 5.43. The van der Waals surface area contributed by atoms with Gasteiger partial charge in [-0.25, -0.2) is 4.79 Å². The van der Waals surface area contributed by atoms with Crippen LogP contribution in [0.3, 0.4) is 0 Å². The Balaban J connectivity index is 5.14. The molecule has 0 bridgehead atoms. The van der Waals surface area contributed by atoms with Crippen molar-refractivity contribution in [2.75, 3.05) is 7.05 Å². The number of alkyl halides is 3. The molecule has 0 aliphatic carbocycles. The number of hydrogen-bond acceptors (Lipinski definition) is 2. The van der Waals surface area contributed by atoms with E-state index in [4.69, 9.17) is 5.11 Å². The summed E-state index contributed by atoms with van der Waals surface area (Å²) in [5.41, 5.74) is -1.45. The zero-order valence-corrected chi connectivity index (χ0v) is 8.35. The van der Waals surface area contributed by atoms with E-state index >= 15 is 0 Å². The van der Waals surface area contributed by atoms with E-state index in [1.54, 1.807) is 6.92 Å². The van der Waals surface area contributed by atoms with Gasteiger partial charge in [-0.2, -0.15) is 13.2 Å². The van der Waals surface area contributed by atoms with E-state index in [2.05, 4.69) is 5.32 Å². The van der Waals surface area contributed by atoms with Gasteiger partial charge in [0.25, 0.3) is 0 Å². The maximum atomic E-state index is 12.3. The van der Waals surface area contributed by atoms with Crippen LogP contribution in [-0.2, 0) is 4.79 Å². The third kappa shape index (κ3) is 4.53. The standard InChI is InChI=1S/C9H12F3NO2/c1-3-4-6(9(10,11)12)5-7(13-2)8(14)15/h4-5,13H,3H2,1-2H3,(H,14,15)/b6-4+,7-5-. The summed E-state index contributed by atoms with van der Waals surface area (Å²) in [5, 5.41) is 10.7. The van der Waals surface area contributed by atoms with Crippen LogP contribution in [0.1, 0.15) is 13.3 Å². The van der Waals surface area contributed by atoms with Crippen LogP contribution in [0.4, 0.5) is 13.2 Å². The zero-order valence-electron chi connectivity index (χ0n) is 8.35. The first-order chi connectivity index (χ1) is 6.82. The van der Waals surface area contributed by atoms with Gasteiger partial charge in [-0.15, -0.1) is 0 Å². The molecule has 6 heteroatoms. The van der Waals surface area contributed by atoms with Gasteiger partial charge in [-0.05, 0) is 12.5 Å². The highest BCUT2D eigenvalue weighted by atomic mass is 19.4. The van der Waals surface area contributed by atoms with E-state index in [0.29, 0.717) is 6.08 Å². The quantitative estimate of drug-likeness (QED) is 0.566. The predicted octanol–water partition coefficient (Wildman–Crippen LogP) is 2.07. The Labute approximate surface area is 85.3 Å². The van der Waals surface area contributed by atoms with Crippen molar-refractivity contribution in [1.82, 2.24) is 5.32 Å². The number of halogens is 3. The molecule has 15 heavy (non-hydrogen) atoms. The largest absolute Gasteiger partial charge is 0.477 e. The Kier molecular flexibility index (Phi) is 4.90. The number of rotatable bonds is 4. The van der Waals surface area contributed by atoms with Crippen molar-refractivity contribution in [1.29, 1.82) is 0 Å². The molecule has 0 aromatic heterocycles. The molecule has 2 N–H and O–H groups in total. The van der Waals surface area contributed by atoms with Crippen LogP contribution in [0.15, 0.2) is 23.4 Å². The number of aliphatic carboxylic acids is 1. The van der Waals surface area contributed by atoms with Gasteiger partial charge in [0.15, 0.2) is 0 Å². The van der Waals surface area contributed by atoms with Crippen molar-refractivity contribution in [2.45, 2.75) is 19.5 Å². The minimum Gasteiger partial charge on any atom is -0.477 e. The van der Waals surface area contributed by atoms with Gasteiger partial charge in [0.2, 0.25) is 0 Å². The van der Waals surface area contributed by atoms with E-state index in [9.17, 15) is 18.0 Å². The Bertz CT molecular complexity index is 292. The molecule has 86 valence electrons. The van der Waals surface area contributed by atoms with Gasteiger partial charge < -0.3 is 10.4 Å². The summed E-state index contributed by atoms with van der Waals surface area (Å²) in [6, 6.07) is 0. The molecule has 0 amide bonds. The molecule has 0 aromatic rings. The van der Waals surface area contributed by atoms with Gasteiger partial charge in [-0.1, -0.05) is 13.0 Å². The third-order valence-corrected chi connectivity index (χ3v) is 1.55. The summed E-state index contributed by atoms with van der Waals surface area (Å²) in [5.74, 6) is -1.43. The summed E-state index contributed by atoms with van der Waals surface area (Å²) < 4.78 is 37.0. The molecule has 0 saturated heterocycles. The molecular weight excluding hydrogens is 211 g/mol. The van der Waals surface area contributed by atoms with E-state index in [-0.39, 0.29) is 6.42 Å². The van der Waals surface area contributed by atoms with Gasteiger partial charge in [0, 0.05) is 7.05 Å². The number of carboxylic acid groups (broad SMARTS) is 1. The van der Waals surface area contributed by atoms with Crippen LogP contribution >= 0.6 is 0 Å². The second-order valence-corrected chi connectivity index (χ2v) is 2.68. The smallest absolute Gasteiger partial charge is 0.416 e. The van der Waals surface area contributed by atoms with Crippen LogP contribution in [0.25, 0.3) is 0 Å². The van der Waals surface area contributed by atoms with Gasteiger partial charge in [-0.3, -0.25) is 0 Å². The summed E-state index contributed by atoms with van der Waals surface area (Å²) in [6.45, 7) is 1.54. The minimum atomic E-state index is -4.53. The molecule has 0 atom stereocenters. The number of carbonyl (C=O) groups is 1. The molecule has 0 radical (unpaired) electrons. The molecule has 0 heterocycles. The summed E-state index contributed by atoms with van der Waals surface area (Å²) in [4.78, 5) is 10.5. The molecule has 0 aromatic carbocycles. The number of allylic oxidation sites excluding steroid dienone is 3. The van der Waals surface area contributed by atoms with E-state index in [1.165, 1.54) is 7.05 Å². The summed E-state index contributed by atoms with van der Waals surface area (Å²) in [6.07, 6.45) is -2.85. The lowest BCUT2D eigenvalue weighted by Gasteiger charge is -2.09. The number of likely N-dealkylation sites (N-methyl/N-ethyl adjacent to an activating group) is 1. The fourth-order valence-electron chi connectivity index (χ4n) is 0.873. The van der Waals surface area contributed by atoms with Crippen molar-refractivity contribution in [3.63, 3.8) is 0 Å². The lowest BCUT2D eigenvalue weighted by Crippen LogP contribution is -2.18. The number of nitrogens with one attached hydrogen (secondary N) is 1. The normalized spacial score (nSPS) is 13.9. The monoisotopic (exact) mass is 223 g/mol. The van der Waals surface area contributed by atoms with Crippen LogP contribution in [0.5, 0.6) is 0 Å². The van der Waals surface area contributed by atoms with Crippen molar-refractivity contribution in [3.05, 3.63) is 23.4 Å². The zero-order chi connectivity index (χ0) is 12.1. The van der Waals surface area contributed by atoms with E-state index < -0.39 is 23.4 Å². The second-order valence-electron chi connectivity index (χ2n) is 2.68. The summed E-state index contributed by atoms with van der Waals surface area (Å²) >= 11 is 0. The fraction of sp³-hybridized carbons (Fsp3) is 0.444. The predicted molar refractivity (Wildman–Crippen MR) is 49.2 cm³/mol. The fourth-order valence-corrected chi connectivity index (χ4v) is 0.873. The summed E-state index contributed by atoms with van der Waals surface area (Å²) in [7, 11) is 1.25. The van der Waals surface area contributed by atoms with E-state index in [0.717, 1.165) is 6.08 Å². The first-order valence-electron chi connectivity index (χ1n) is 4.23. The van der Waals surface area contributed by atoms with Crippen LogP contribution < -0.4 is 5.32 Å². The maximum absolute atomic E-state index is 12.3. The van der Waals surface area contributed by atoms with Crippen molar-refractivity contribution in [3.8, 4) is 0 Å². The van der Waals surface area contributed by atoms with Crippen LogP contribution in [0, 0.1) is 0 Å². The maximum Gasteiger partial charge on any atom is 0.416 e. The average molecular weight is 223 g/mol. The van der Waals surface area contributed by atoms with Crippen LogP contribution in [0.2, 0.25) is 0 Å². The molecule has 0 unspecified atom stereocenters. The molecule has 0 saturated carbocycles. The lowest BCUT2D eigenvalue weighted by molar-refractivity contribution is -0.133. The van der Waals surface area contributed by atoms with Crippen LogP contribution in [-0.4, -0.2) is 24.3 Å². The third-order valence-electron chi connectivity index (χ3n) is 1.55. The van der Waals surface area contributed by atoms with Gasteiger partial charge in [0.1, 0.15) is 5.70 Å². The van der Waals surface area contributed by atoms with E-state index in [1.807, 2.05) is 0 Å². The first-order valence-corrected chi connectivity index (χ1v) is 4.23. The highest BCUT2D eigenvalue weighted by Crippen LogP contribution is 2.27. The minimum absolute atomic E-state index is 0.182. The highest BCUT2D eigenvalue weighted by Gasteiger charge is 2.32. The Hall–Kier alpha value is -1.46. The van der Waals surface area contributed by atoms with Crippen molar-refractivity contribution >= 4 is 5.97 Å². The average Bonchev–Trinajstić information content (AvgIpc) is 2.09. The highest BCUT2D eigenvalue weighted by molar-refractivity contribution is 5.86. The van der Waals surface area contributed by atoms with Gasteiger partial charge in [0.05, 0.1) is 5.57 Å². The molecule has 0 aliphatic heterocycles. The first kappa shape index (κ1) is 13.5. The Morgan fingerprint density at radius 2 is 2.00 bits per heavy atom. The number of hydrogen-bond donors (Lipinski definition) is 2. The SMILES string of the molecule is CC/C=C(\C=C(/NC)C(=O)O)C(F)(F)F. The van der Waals surface area contributed by atoms with Crippen molar-refractivity contribution < 1.29 is 23.1 Å².